The standard InChI is InChI=1S/C28H40N6/c1-5-23(4)28-20-29-14-15-31-27(25-16-24(6-2)18-30-19-25)21-34(28)33-13-12-22(3)17-32-26-10-8-7-9-11-26/h7-10,14-21,23,26,29,31-33H,5-6,11-13H2,1-4H3/b15-14?,22-17+,27-21?,28-20?. The van der Waals surface area contributed by atoms with E-state index in [0.29, 0.717) is 12.0 Å². The van der Waals surface area contributed by atoms with Crippen molar-refractivity contribution >= 4 is 5.70 Å². The zero-order valence-electron chi connectivity index (χ0n) is 21.0. The molecule has 2 atom stereocenters. The van der Waals surface area contributed by atoms with E-state index in [1.54, 1.807) is 0 Å². The normalized spacial score (nSPS) is 19.2. The highest BCUT2D eigenvalue weighted by Crippen LogP contribution is 2.21. The summed E-state index contributed by atoms with van der Waals surface area (Å²) < 4.78 is 0. The van der Waals surface area contributed by atoms with E-state index in [1.165, 1.54) is 16.8 Å². The second-order valence-corrected chi connectivity index (χ2v) is 8.84. The van der Waals surface area contributed by atoms with Crippen LogP contribution >= 0.6 is 0 Å². The van der Waals surface area contributed by atoms with Gasteiger partial charge in [0.25, 0.3) is 0 Å². The van der Waals surface area contributed by atoms with Gasteiger partial charge >= 0.3 is 0 Å². The predicted molar refractivity (Wildman–Crippen MR) is 143 cm³/mol. The van der Waals surface area contributed by atoms with E-state index in [9.17, 15) is 0 Å². The third kappa shape index (κ3) is 7.66. The number of allylic oxidation sites excluding steroid dienone is 3. The van der Waals surface area contributed by atoms with Gasteiger partial charge in [0.05, 0.1) is 11.4 Å². The molecule has 6 nitrogen and oxygen atoms in total. The van der Waals surface area contributed by atoms with Crippen molar-refractivity contribution in [2.75, 3.05) is 6.54 Å². The van der Waals surface area contributed by atoms with Crippen LogP contribution < -0.4 is 21.4 Å². The molecule has 1 aliphatic carbocycles. The van der Waals surface area contributed by atoms with Crippen LogP contribution in [0.5, 0.6) is 0 Å². The summed E-state index contributed by atoms with van der Waals surface area (Å²) in [6, 6.07) is 2.58. The molecule has 1 aliphatic heterocycles. The number of rotatable bonds is 10. The van der Waals surface area contributed by atoms with Crippen LogP contribution in [0.4, 0.5) is 0 Å². The van der Waals surface area contributed by atoms with Gasteiger partial charge in [0.2, 0.25) is 0 Å². The highest BCUT2D eigenvalue weighted by atomic mass is 15.5. The smallest absolute Gasteiger partial charge is 0.0650 e. The van der Waals surface area contributed by atoms with Crippen molar-refractivity contribution < 1.29 is 0 Å². The lowest BCUT2D eigenvalue weighted by Gasteiger charge is -2.29. The van der Waals surface area contributed by atoms with E-state index >= 15 is 0 Å². The van der Waals surface area contributed by atoms with Gasteiger partial charge in [-0.1, -0.05) is 50.6 Å². The van der Waals surface area contributed by atoms with Crippen LogP contribution in [-0.2, 0) is 6.42 Å². The minimum absolute atomic E-state index is 0.383. The number of pyridine rings is 1. The lowest BCUT2D eigenvalue weighted by Crippen LogP contribution is -2.37. The summed E-state index contributed by atoms with van der Waals surface area (Å²) in [7, 11) is 0. The van der Waals surface area contributed by atoms with Gasteiger partial charge in [0.1, 0.15) is 0 Å². The molecule has 0 amide bonds. The Balaban J connectivity index is 1.75. The number of hydrazine groups is 1. The monoisotopic (exact) mass is 460 g/mol. The second kappa shape index (κ2) is 13.5. The molecular weight excluding hydrogens is 420 g/mol. The van der Waals surface area contributed by atoms with Crippen molar-refractivity contribution in [2.24, 2.45) is 5.92 Å². The van der Waals surface area contributed by atoms with E-state index in [2.05, 4.69) is 108 Å². The fraction of sp³-hybridized carbons (Fsp3) is 0.393. The lowest BCUT2D eigenvalue weighted by atomic mass is 10.0. The maximum atomic E-state index is 4.45. The summed E-state index contributed by atoms with van der Waals surface area (Å²) >= 11 is 0. The number of aromatic nitrogens is 1. The van der Waals surface area contributed by atoms with E-state index in [-0.39, 0.29) is 0 Å². The molecule has 4 N–H and O–H groups in total. The number of aryl methyl sites for hydroxylation is 1. The first-order chi connectivity index (χ1) is 16.6. The van der Waals surface area contributed by atoms with E-state index in [0.717, 1.165) is 43.5 Å². The fourth-order valence-electron chi connectivity index (χ4n) is 3.73. The molecule has 0 fully saturated rings. The van der Waals surface area contributed by atoms with E-state index < -0.39 is 0 Å². The van der Waals surface area contributed by atoms with Crippen LogP contribution in [0, 0.1) is 5.92 Å². The van der Waals surface area contributed by atoms with Gasteiger partial charge in [-0.25, -0.2) is 5.43 Å². The lowest BCUT2D eigenvalue weighted by molar-refractivity contribution is 0.299. The summed E-state index contributed by atoms with van der Waals surface area (Å²) in [5, 5.41) is 12.4. The summed E-state index contributed by atoms with van der Waals surface area (Å²) in [5.74, 6) is 0.383. The molecule has 182 valence electrons. The van der Waals surface area contributed by atoms with Crippen molar-refractivity contribution in [1.29, 1.82) is 0 Å². The van der Waals surface area contributed by atoms with Crippen molar-refractivity contribution in [2.45, 2.75) is 59.4 Å². The van der Waals surface area contributed by atoms with Gasteiger partial charge in [-0.2, -0.15) is 0 Å². The largest absolute Gasteiger partial charge is 0.384 e. The molecule has 2 unspecified atom stereocenters. The zero-order chi connectivity index (χ0) is 24.2. The van der Waals surface area contributed by atoms with Crippen LogP contribution in [0.1, 0.15) is 58.1 Å². The quantitative estimate of drug-likeness (QED) is 0.391. The Morgan fingerprint density at radius 1 is 1.26 bits per heavy atom. The molecule has 0 saturated carbocycles. The van der Waals surface area contributed by atoms with Gasteiger partial charge < -0.3 is 16.0 Å². The Bertz CT molecular complexity index is 969. The molecule has 2 aliphatic rings. The molecule has 0 aromatic carbocycles. The first-order valence-corrected chi connectivity index (χ1v) is 12.4. The highest BCUT2D eigenvalue weighted by Gasteiger charge is 2.16. The van der Waals surface area contributed by atoms with Crippen LogP contribution in [0.15, 0.2) is 85.0 Å². The van der Waals surface area contributed by atoms with Gasteiger partial charge in [0, 0.05) is 55.3 Å². The zero-order valence-corrected chi connectivity index (χ0v) is 21.0. The Hall–Kier alpha value is -3.25. The van der Waals surface area contributed by atoms with E-state index in [1.807, 2.05) is 24.8 Å². The number of hydrogen-bond acceptors (Lipinski definition) is 6. The molecule has 3 rings (SSSR count). The Morgan fingerprint density at radius 3 is 2.91 bits per heavy atom. The molecular formula is C28H40N6. The molecule has 0 spiro atoms. The molecule has 1 aromatic rings. The summed E-state index contributed by atoms with van der Waals surface area (Å²) in [5.41, 5.74) is 9.43. The van der Waals surface area contributed by atoms with Gasteiger partial charge in [-0.15, -0.1) is 0 Å². The van der Waals surface area contributed by atoms with Gasteiger partial charge in [-0.3, -0.25) is 9.99 Å². The topological polar surface area (TPSA) is 64.2 Å². The average molecular weight is 461 g/mol. The maximum absolute atomic E-state index is 4.45. The minimum atomic E-state index is 0.383. The summed E-state index contributed by atoms with van der Waals surface area (Å²) in [6.07, 6.45) is 26.6. The molecule has 0 radical (unpaired) electrons. The fourth-order valence-corrected chi connectivity index (χ4v) is 3.73. The Labute approximate surface area is 205 Å². The van der Waals surface area contributed by atoms with Crippen LogP contribution in [0.3, 0.4) is 0 Å². The van der Waals surface area contributed by atoms with Crippen molar-refractivity contribution in [3.05, 3.63) is 96.2 Å². The summed E-state index contributed by atoms with van der Waals surface area (Å²) in [6.45, 7) is 9.63. The second-order valence-electron chi connectivity index (χ2n) is 8.84. The SMILES string of the molecule is CCc1cncc(C2=CN(NCC/C(C)=C/NC3C=CC=CC3)C(C(C)CC)=CNC=CN2)c1. The molecule has 6 heteroatoms. The third-order valence-corrected chi connectivity index (χ3v) is 6.14. The number of hydrogen-bond donors (Lipinski definition) is 4. The van der Waals surface area contributed by atoms with E-state index in [4.69, 9.17) is 0 Å². The van der Waals surface area contributed by atoms with Gasteiger partial charge in [0.15, 0.2) is 0 Å². The maximum Gasteiger partial charge on any atom is 0.0650 e. The average Bonchev–Trinajstić information content (AvgIpc) is 2.98. The van der Waals surface area contributed by atoms with Crippen molar-refractivity contribution in [3.8, 4) is 0 Å². The van der Waals surface area contributed by atoms with Crippen molar-refractivity contribution in [3.63, 3.8) is 0 Å². The molecule has 34 heavy (non-hydrogen) atoms. The predicted octanol–water partition coefficient (Wildman–Crippen LogP) is 5.07. The molecule has 0 bridgehead atoms. The molecule has 1 aromatic heterocycles. The van der Waals surface area contributed by atoms with Crippen LogP contribution in [0.25, 0.3) is 5.70 Å². The highest BCUT2D eigenvalue weighted by molar-refractivity contribution is 5.64. The minimum Gasteiger partial charge on any atom is -0.384 e. The van der Waals surface area contributed by atoms with Crippen LogP contribution in [-0.4, -0.2) is 22.6 Å². The Morgan fingerprint density at radius 2 is 2.15 bits per heavy atom. The number of nitrogens with zero attached hydrogens (tertiary/aromatic N) is 2. The molecule has 0 saturated heterocycles. The van der Waals surface area contributed by atoms with Crippen molar-refractivity contribution in [1.82, 2.24) is 31.4 Å². The summed E-state index contributed by atoms with van der Waals surface area (Å²) in [4.78, 5) is 4.45. The van der Waals surface area contributed by atoms with Gasteiger partial charge in [-0.05, 0) is 56.4 Å². The van der Waals surface area contributed by atoms with Crippen LogP contribution in [0.2, 0.25) is 0 Å². The first kappa shape index (κ1) is 25.4. The Kier molecular flexibility index (Phi) is 10.0. The first-order valence-electron chi connectivity index (χ1n) is 12.4. The third-order valence-electron chi connectivity index (χ3n) is 6.14. The molecule has 2 heterocycles. The number of nitrogens with one attached hydrogen (secondary N) is 4.